The summed E-state index contributed by atoms with van der Waals surface area (Å²) in [5.41, 5.74) is 0.829. The number of halogens is 1. The van der Waals surface area contributed by atoms with Gasteiger partial charge in [0.2, 0.25) is 5.91 Å². The Labute approximate surface area is 209 Å². The molecular formula is C27H30FN5O3. The summed E-state index contributed by atoms with van der Waals surface area (Å²) in [6, 6.07) is 12.8. The van der Waals surface area contributed by atoms with Gasteiger partial charge in [0.25, 0.3) is 5.91 Å². The van der Waals surface area contributed by atoms with E-state index in [-0.39, 0.29) is 23.9 Å². The molecule has 1 unspecified atom stereocenters. The van der Waals surface area contributed by atoms with Gasteiger partial charge in [0.15, 0.2) is 11.5 Å². The predicted molar refractivity (Wildman–Crippen MR) is 137 cm³/mol. The third-order valence-corrected chi connectivity index (χ3v) is 6.27. The number of amides is 2. The molecule has 0 aliphatic heterocycles. The molecule has 8 nitrogen and oxygen atoms in total. The summed E-state index contributed by atoms with van der Waals surface area (Å²) in [6.45, 7) is 4.15. The number of Topliss-reactive ketones (excluding diaryl/α,β-unsaturated/α-hetero) is 1. The fourth-order valence-electron chi connectivity index (χ4n) is 4.51. The molecule has 2 heterocycles. The van der Waals surface area contributed by atoms with Crippen LogP contribution in [0.1, 0.15) is 43.2 Å². The molecule has 1 atom stereocenters. The molecule has 188 valence electrons. The third kappa shape index (κ3) is 4.86. The molecule has 1 aliphatic rings. The highest BCUT2D eigenvalue weighted by Crippen LogP contribution is 2.44. The maximum Gasteiger partial charge on any atom is 0.262 e. The van der Waals surface area contributed by atoms with Gasteiger partial charge in [0, 0.05) is 50.1 Å². The molecule has 2 aromatic heterocycles. The first-order chi connectivity index (χ1) is 16.9. The van der Waals surface area contributed by atoms with E-state index >= 15 is 0 Å². The van der Waals surface area contributed by atoms with E-state index in [0.29, 0.717) is 34.6 Å². The second kappa shape index (κ2) is 9.22. The van der Waals surface area contributed by atoms with Crippen molar-refractivity contribution in [2.75, 3.05) is 24.7 Å². The maximum absolute atomic E-state index is 14.1. The van der Waals surface area contributed by atoms with Crippen LogP contribution in [0.2, 0.25) is 0 Å². The predicted octanol–water partition coefficient (Wildman–Crippen LogP) is 4.73. The SMILES string of the molecule is CN(C)C(=O)C1(C)CC(=O)c2c([nH]c(-c3ccnc(NC(=O)C(C)(C)F)c3)c2Nc2ccccc2)C1. The molecule has 36 heavy (non-hydrogen) atoms. The number of carbonyl (C=O) groups excluding carboxylic acids is 3. The van der Waals surface area contributed by atoms with Gasteiger partial charge in [-0.1, -0.05) is 18.2 Å². The first-order valence-electron chi connectivity index (χ1n) is 11.7. The molecule has 1 aromatic carbocycles. The van der Waals surface area contributed by atoms with Gasteiger partial charge in [-0.2, -0.15) is 0 Å². The molecule has 1 aliphatic carbocycles. The summed E-state index contributed by atoms with van der Waals surface area (Å²) in [5.74, 6) is -0.885. The number of para-hydroxylation sites is 1. The van der Waals surface area contributed by atoms with Crippen LogP contribution >= 0.6 is 0 Å². The number of anilines is 3. The molecule has 0 bridgehead atoms. The molecule has 0 fully saturated rings. The van der Waals surface area contributed by atoms with Crippen molar-refractivity contribution in [1.29, 1.82) is 0 Å². The Morgan fingerprint density at radius 1 is 1.14 bits per heavy atom. The minimum absolute atomic E-state index is 0.0843. The minimum atomic E-state index is -2.07. The summed E-state index contributed by atoms with van der Waals surface area (Å²) < 4.78 is 14.1. The van der Waals surface area contributed by atoms with Crippen LogP contribution in [0, 0.1) is 5.41 Å². The number of alkyl halides is 1. The van der Waals surface area contributed by atoms with E-state index in [4.69, 9.17) is 0 Å². The van der Waals surface area contributed by atoms with Crippen molar-refractivity contribution in [3.63, 3.8) is 0 Å². The van der Waals surface area contributed by atoms with Gasteiger partial charge in [-0.3, -0.25) is 14.4 Å². The molecule has 0 spiro atoms. The standard InChI is InChI=1S/C27H30FN5O3/c1-26(2,28)24(35)32-20-13-16(11-12-29-20)22-23(30-17-9-7-6-8-10-17)21-18(31-22)14-27(3,15-19(21)34)25(36)33(4)5/h6-13,30-31H,14-15H2,1-5H3,(H,29,32,35). The fraction of sp³-hybridized carbons (Fsp3) is 0.333. The Balaban J connectivity index is 1.81. The van der Waals surface area contributed by atoms with Crippen molar-refractivity contribution in [3.8, 4) is 11.3 Å². The van der Waals surface area contributed by atoms with E-state index in [9.17, 15) is 18.8 Å². The molecule has 0 saturated heterocycles. The lowest BCUT2D eigenvalue weighted by molar-refractivity contribution is -0.138. The number of benzene rings is 1. The molecule has 2 amide bonds. The van der Waals surface area contributed by atoms with Gasteiger partial charge >= 0.3 is 0 Å². The van der Waals surface area contributed by atoms with Crippen LogP contribution in [-0.2, 0) is 16.0 Å². The third-order valence-electron chi connectivity index (χ3n) is 6.27. The normalized spacial score (nSPS) is 17.3. The second-order valence-electron chi connectivity index (χ2n) is 10.1. The molecule has 0 radical (unpaired) electrons. The van der Waals surface area contributed by atoms with Gasteiger partial charge in [0.1, 0.15) is 5.82 Å². The molecular weight excluding hydrogens is 461 g/mol. The number of nitrogens with one attached hydrogen (secondary N) is 3. The van der Waals surface area contributed by atoms with Crippen molar-refractivity contribution < 1.29 is 18.8 Å². The van der Waals surface area contributed by atoms with E-state index in [1.54, 1.807) is 33.2 Å². The summed E-state index contributed by atoms with van der Waals surface area (Å²) >= 11 is 0. The zero-order valence-electron chi connectivity index (χ0n) is 21.0. The monoisotopic (exact) mass is 491 g/mol. The number of aromatic amines is 1. The van der Waals surface area contributed by atoms with Crippen LogP contribution in [0.5, 0.6) is 0 Å². The summed E-state index contributed by atoms with van der Waals surface area (Å²) in [7, 11) is 3.36. The zero-order chi connectivity index (χ0) is 26.3. The van der Waals surface area contributed by atoms with Crippen molar-refractivity contribution in [2.24, 2.45) is 5.41 Å². The zero-order valence-corrected chi connectivity index (χ0v) is 21.0. The van der Waals surface area contributed by atoms with Crippen LogP contribution in [-0.4, -0.2) is 52.2 Å². The van der Waals surface area contributed by atoms with Gasteiger partial charge < -0.3 is 20.5 Å². The van der Waals surface area contributed by atoms with Crippen LogP contribution in [0.4, 0.5) is 21.6 Å². The second-order valence-corrected chi connectivity index (χ2v) is 10.1. The minimum Gasteiger partial charge on any atom is -0.356 e. The molecule has 3 N–H and O–H groups in total. The Bertz CT molecular complexity index is 1330. The topological polar surface area (TPSA) is 107 Å². The Hall–Kier alpha value is -4.01. The van der Waals surface area contributed by atoms with E-state index in [1.807, 2.05) is 30.3 Å². The quantitative estimate of drug-likeness (QED) is 0.462. The Kier molecular flexibility index (Phi) is 6.43. The van der Waals surface area contributed by atoms with Crippen molar-refractivity contribution in [2.45, 2.75) is 39.3 Å². The van der Waals surface area contributed by atoms with Gasteiger partial charge in [-0.25, -0.2) is 9.37 Å². The van der Waals surface area contributed by atoms with E-state index < -0.39 is 17.0 Å². The largest absolute Gasteiger partial charge is 0.356 e. The number of carbonyl (C=O) groups is 3. The van der Waals surface area contributed by atoms with Crippen molar-refractivity contribution in [3.05, 3.63) is 59.9 Å². The van der Waals surface area contributed by atoms with Gasteiger partial charge in [-0.05, 0) is 45.0 Å². The Morgan fingerprint density at radius 3 is 2.47 bits per heavy atom. The molecule has 3 aromatic rings. The highest BCUT2D eigenvalue weighted by atomic mass is 19.1. The van der Waals surface area contributed by atoms with E-state index in [1.165, 1.54) is 24.9 Å². The molecule has 0 saturated carbocycles. The van der Waals surface area contributed by atoms with E-state index in [2.05, 4.69) is 20.6 Å². The van der Waals surface area contributed by atoms with Crippen molar-refractivity contribution in [1.82, 2.24) is 14.9 Å². The smallest absolute Gasteiger partial charge is 0.262 e. The number of rotatable bonds is 6. The van der Waals surface area contributed by atoms with Crippen molar-refractivity contribution >= 4 is 34.8 Å². The highest BCUT2D eigenvalue weighted by Gasteiger charge is 2.44. The van der Waals surface area contributed by atoms with Crippen LogP contribution in [0.3, 0.4) is 0 Å². The van der Waals surface area contributed by atoms with Gasteiger partial charge in [0.05, 0.1) is 22.4 Å². The van der Waals surface area contributed by atoms with Gasteiger partial charge in [-0.15, -0.1) is 0 Å². The average molecular weight is 492 g/mol. The maximum atomic E-state index is 14.1. The summed E-state index contributed by atoms with van der Waals surface area (Å²) in [4.78, 5) is 47.6. The molecule has 4 rings (SSSR count). The number of hydrogen-bond acceptors (Lipinski definition) is 5. The molecule has 9 heteroatoms. The summed E-state index contributed by atoms with van der Waals surface area (Å²) in [5, 5.41) is 5.85. The number of hydrogen-bond donors (Lipinski definition) is 3. The highest BCUT2D eigenvalue weighted by molar-refractivity contribution is 6.10. The number of nitrogens with zero attached hydrogens (tertiary/aromatic N) is 2. The number of pyridine rings is 1. The van der Waals surface area contributed by atoms with Crippen LogP contribution < -0.4 is 10.6 Å². The number of aromatic nitrogens is 2. The van der Waals surface area contributed by atoms with Crippen LogP contribution in [0.25, 0.3) is 11.3 Å². The van der Waals surface area contributed by atoms with Crippen LogP contribution in [0.15, 0.2) is 48.7 Å². The lowest BCUT2D eigenvalue weighted by atomic mass is 9.73. The number of ketones is 1. The number of fused-ring (bicyclic) bond motifs is 1. The van der Waals surface area contributed by atoms with E-state index in [0.717, 1.165) is 5.69 Å². The first-order valence-corrected chi connectivity index (χ1v) is 11.7. The Morgan fingerprint density at radius 2 is 1.83 bits per heavy atom. The lowest BCUT2D eigenvalue weighted by Crippen LogP contribution is -2.43. The first kappa shape index (κ1) is 25.1. The fourth-order valence-corrected chi connectivity index (χ4v) is 4.51. The lowest BCUT2D eigenvalue weighted by Gasteiger charge is -2.33. The summed E-state index contributed by atoms with van der Waals surface area (Å²) in [6.07, 6.45) is 1.95. The number of H-pyrrole nitrogens is 1. The average Bonchev–Trinajstić information content (AvgIpc) is 3.16.